The van der Waals surface area contributed by atoms with Crippen molar-refractivity contribution in [1.82, 2.24) is 0 Å². The fraction of sp³-hybridized carbons (Fsp3) is 0.167. The molecule has 7 nitrogen and oxygen atoms in total. The van der Waals surface area contributed by atoms with E-state index in [9.17, 15) is 25.2 Å². The number of phenols is 3. The summed E-state index contributed by atoms with van der Waals surface area (Å²) in [4.78, 5) is 12.9. The number of ether oxygens (including phenoxy) is 1. The zero-order valence-electron chi connectivity index (χ0n) is 12.9. The van der Waals surface area contributed by atoms with E-state index in [1.165, 1.54) is 24.5 Å². The second-order valence-electron chi connectivity index (χ2n) is 5.92. The van der Waals surface area contributed by atoms with Gasteiger partial charge in [0, 0.05) is 29.7 Å². The van der Waals surface area contributed by atoms with Gasteiger partial charge in [-0.05, 0) is 12.1 Å². The molecule has 0 spiro atoms. The molecular formula is C18H14O7. The average molecular weight is 342 g/mol. The van der Waals surface area contributed by atoms with E-state index in [1.54, 1.807) is 0 Å². The highest BCUT2D eigenvalue weighted by atomic mass is 16.5. The first kappa shape index (κ1) is 15.3. The molecule has 2 aromatic carbocycles. The highest BCUT2D eigenvalue weighted by molar-refractivity contribution is 5.90. The second-order valence-corrected chi connectivity index (χ2v) is 5.92. The van der Waals surface area contributed by atoms with E-state index in [2.05, 4.69) is 0 Å². The molecule has 7 heteroatoms. The van der Waals surface area contributed by atoms with Crippen LogP contribution in [0.15, 0.2) is 39.7 Å². The van der Waals surface area contributed by atoms with E-state index >= 15 is 0 Å². The maximum Gasteiger partial charge on any atom is 0.204 e. The summed E-state index contributed by atoms with van der Waals surface area (Å²) in [6.07, 6.45) is 0.568. The Hall–Kier alpha value is -3.19. The van der Waals surface area contributed by atoms with Crippen molar-refractivity contribution < 1.29 is 29.6 Å². The number of aromatic hydroxyl groups is 3. The van der Waals surface area contributed by atoms with Crippen LogP contribution in [0, 0.1) is 0 Å². The molecule has 1 aliphatic heterocycles. The maximum atomic E-state index is 12.9. The van der Waals surface area contributed by atoms with Crippen LogP contribution in [-0.2, 0) is 6.42 Å². The molecule has 0 aliphatic carbocycles. The third-order valence-electron chi connectivity index (χ3n) is 4.25. The Morgan fingerprint density at radius 3 is 2.64 bits per heavy atom. The van der Waals surface area contributed by atoms with E-state index in [1.807, 2.05) is 0 Å². The van der Waals surface area contributed by atoms with E-state index < -0.39 is 11.5 Å². The van der Waals surface area contributed by atoms with Crippen molar-refractivity contribution in [3.05, 3.63) is 46.3 Å². The Morgan fingerprint density at radius 2 is 1.88 bits per heavy atom. The molecule has 2 heterocycles. The predicted molar refractivity (Wildman–Crippen MR) is 88.1 cm³/mol. The molecule has 128 valence electrons. The van der Waals surface area contributed by atoms with Gasteiger partial charge in [-0.25, -0.2) is 0 Å². The lowest BCUT2D eigenvalue weighted by Gasteiger charge is -2.23. The second kappa shape index (κ2) is 5.42. The van der Waals surface area contributed by atoms with E-state index in [-0.39, 0.29) is 52.4 Å². The Kier molecular flexibility index (Phi) is 3.33. The number of aliphatic hydroxyl groups is 1. The third-order valence-corrected chi connectivity index (χ3v) is 4.25. The monoisotopic (exact) mass is 342 g/mol. The Labute approximate surface area is 141 Å². The van der Waals surface area contributed by atoms with Crippen LogP contribution in [0.1, 0.15) is 5.56 Å². The molecule has 1 aliphatic rings. The Balaban J connectivity index is 1.99. The molecule has 0 radical (unpaired) electrons. The van der Waals surface area contributed by atoms with Crippen molar-refractivity contribution in [3.63, 3.8) is 0 Å². The van der Waals surface area contributed by atoms with Gasteiger partial charge in [-0.3, -0.25) is 4.79 Å². The van der Waals surface area contributed by atoms with Gasteiger partial charge in [0.05, 0.1) is 11.7 Å². The largest absolute Gasteiger partial charge is 0.508 e. The predicted octanol–water partition coefficient (Wildman–Crippen LogP) is 1.87. The zero-order chi connectivity index (χ0) is 17.7. The normalized spacial score (nSPS) is 16.4. The van der Waals surface area contributed by atoms with Crippen LogP contribution in [0.3, 0.4) is 0 Å². The fourth-order valence-electron chi connectivity index (χ4n) is 3.03. The fourth-order valence-corrected chi connectivity index (χ4v) is 3.03. The molecule has 0 bridgehead atoms. The molecule has 4 rings (SSSR count). The lowest BCUT2D eigenvalue weighted by molar-refractivity contribution is 0.0910. The minimum absolute atomic E-state index is 0.0394. The van der Waals surface area contributed by atoms with Crippen molar-refractivity contribution >= 4 is 11.0 Å². The van der Waals surface area contributed by atoms with Gasteiger partial charge < -0.3 is 29.6 Å². The van der Waals surface area contributed by atoms with Gasteiger partial charge in [-0.15, -0.1) is 0 Å². The average Bonchev–Trinajstić information content (AvgIpc) is 2.57. The molecule has 1 unspecified atom stereocenters. The first-order valence-electron chi connectivity index (χ1n) is 7.59. The van der Waals surface area contributed by atoms with Gasteiger partial charge in [0.2, 0.25) is 5.43 Å². The summed E-state index contributed by atoms with van der Waals surface area (Å²) < 4.78 is 10.8. The number of fused-ring (bicyclic) bond motifs is 2. The number of phenolic OH excluding ortho intramolecular Hbond substituents is 3. The first-order valence-corrected chi connectivity index (χ1v) is 7.59. The van der Waals surface area contributed by atoms with Crippen molar-refractivity contribution in [1.29, 1.82) is 0 Å². The number of benzene rings is 2. The zero-order valence-corrected chi connectivity index (χ0v) is 12.9. The number of hydrogen-bond acceptors (Lipinski definition) is 7. The van der Waals surface area contributed by atoms with Gasteiger partial charge >= 0.3 is 0 Å². The highest BCUT2D eigenvalue weighted by Gasteiger charge is 2.25. The number of aliphatic hydroxyl groups excluding tert-OH is 1. The summed E-state index contributed by atoms with van der Waals surface area (Å²) in [5.74, 6) is -0.379. The number of rotatable bonds is 1. The Bertz CT molecular complexity index is 1050. The smallest absolute Gasteiger partial charge is 0.204 e. The summed E-state index contributed by atoms with van der Waals surface area (Å²) in [7, 11) is 0. The van der Waals surface area contributed by atoms with Crippen molar-refractivity contribution in [2.75, 3.05) is 6.61 Å². The molecule has 3 aromatic rings. The molecule has 0 fully saturated rings. The van der Waals surface area contributed by atoms with Crippen LogP contribution in [0.25, 0.3) is 22.1 Å². The molecule has 1 aromatic heterocycles. The number of hydrogen-bond donors (Lipinski definition) is 4. The van der Waals surface area contributed by atoms with Crippen molar-refractivity contribution in [3.8, 4) is 34.1 Å². The molecule has 4 N–H and O–H groups in total. The van der Waals surface area contributed by atoms with Crippen LogP contribution in [-0.4, -0.2) is 33.1 Å². The molecule has 25 heavy (non-hydrogen) atoms. The van der Waals surface area contributed by atoms with Gasteiger partial charge in [0.1, 0.15) is 46.8 Å². The molecular weight excluding hydrogens is 328 g/mol. The van der Waals surface area contributed by atoms with Gasteiger partial charge in [0.25, 0.3) is 0 Å². The minimum Gasteiger partial charge on any atom is -0.508 e. The van der Waals surface area contributed by atoms with Crippen LogP contribution in [0.2, 0.25) is 0 Å². The SMILES string of the molecule is O=c1c(-c2ccc(O)cc2O)coc2cc3c(c(O)c12)CC(O)CO3. The van der Waals surface area contributed by atoms with Gasteiger partial charge in [0.15, 0.2) is 0 Å². The third kappa shape index (κ3) is 2.36. The van der Waals surface area contributed by atoms with Crippen LogP contribution in [0.4, 0.5) is 0 Å². The highest BCUT2D eigenvalue weighted by Crippen LogP contribution is 2.39. The first-order chi connectivity index (χ1) is 12.0. The topological polar surface area (TPSA) is 120 Å². The van der Waals surface area contributed by atoms with E-state index in [0.717, 1.165) is 6.07 Å². The lowest BCUT2D eigenvalue weighted by Crippen LogP contribution is -2.25. The lowest BCUT2D eigenvalue weighted by atomic mass is 9.98. The van der Waals surface area contributed by atoms with E-state index in [4.69, 9.17) is 9.15 Å². The maximum absolute atomic E-state index is 12.9. The minimum atomic E-state index is -0.771. The van der Waals surface area contributed by atoms with Crippen LogP contribution in [0.5, 0.6) is 23.0 Å². The van der Waals surface area contributed by atoms with E-state index in [0.29, 0.717) is 11.3 Å². The van der Waals surface area contributed by atoms with Crippen molar-refractivity contribution in [2.45, 2.75) is 12.5 Å². The molecule has 0 saturated heterocycles. The quantitative estimate of drug-likeness (QED) is 0.533. The summed E-state index contributed by atoms with van der Waals surface area (Å²) in [5, 5.41) is 39.6. The van der Waals surface area contributed by atoms with Gasteiger partial charge in [-0.2, -0.15) is 0 Å². The van der Waals surface area contributed by atoms with Crippen molar-refractivity contribution in [2.24, 2.45) is 0 Å². The summed E-state index contributed by atoms with van der Waals surface area (Å²) in [5.41, 5.74) is 0.146. The van der Waals surface area contributed by atoms with Crippen LogP contribution < -0.4 is 10.2 Å². The summed E-state index contributed by atoms with van der Waals surface area (Å²) >= 11 is 0. The molecule has 0 saturated carbocycles. The summed E-state index contributed by atoms with van der Waals surface area (Å²) in [6, 6.07) is 5.31. The standard InChI is InChI=1S/C18H14O7/c19-8-1-2-10(13(21)4-8)12-7-25-15-5-14-11(3-9(20)6-24-14)17(22)16(15)18(12)23/h1-2,4-5,7,9,19-22H,3,6H2. The Morgan fingerprint density at radius 1 is 1.08 bits per heavy atom. The summed E-state index contributed by atoms with van der Waals surface area (Å²) in [6.45, 7) is 0.0989. The van der Waals surface area contributed by atoms with Gasteiger partial charge in [-0.1, -0.05) is 0 Å². The molecule has 1 atom stereocenters. The van der Waals surface area contributed by atoms with Crippen LogP contribution >= 0.6 is 0 Å². The molecule has 0 amide bonds.